The first-order chi connectivity index (χ1) is 11.7. The number of anilines is 1. The van der Waals surface area contributed by atoms with Crippen molar-refractivity contribution in [1.29, 1.82) is 0 Å². The zero-order valence-electron chi connectivity index (χ0n) is 13.7. The van der Waals surface area contributed by atoms with Crippen molar-refractivity contribution in [3.8, 4) is 11.3 Å². The second kappa shape index (κ2) is 7.31. The number of hydrogen-bond donors (Lipinski definition) is 2. The third-order valence-corrected chi connectivity index (χ3v) is 3.93. The largest absolute Gasteiger partial charge is 0.360 e. The van der Waals surface area contributed by atoms with Gasteiger partial charge < -0.3 is 10.6 Å². The van der Waals surface area contributed by atoms with Gasteiger partial charge in [-0.3, -0.25) is 4.98 Å². The molecule has 24 heavy (non-hydrogen) atoms. The molecule has 0 saturated carbocycles. The van der Waals surface area contributed by atoms with Crippen molar-refractivity contribution < 1.29 is 0 Å². The van der Waals surface area contributed by atoms with E-state index in [4.69, 9.17) is 12.2 Å². The molecule has 0 spiro atoms. The summed E-state index contributed by atoms with van der Waals surface area (Å²) in [7, 11) is 0. The Hall–Kier alpha value is -2.60. The summed E-state index contributed by atoms with van der Waals surface area (Å²) in [6.45, 7) is 4.19. The highest BCUT2D eigenvalue weighted by molar-refractivity contribution is 7.80. The Kier molecular flexibility index (Phi) is 4.96. The van der Waals surface area contributed by atoms with Gasteiger partial charge in [-0.1, -0.05) is 37.3 Å². The number of hydrogen-bond acceptors (Lipinski definition) is 4. The molecule has 2 N–H and O–H groups in total. The van der Waals surface area contributed by atoms with Gasteiger partial charge in [-0.05, 0) is 37.7 Å². The fourth-order valence-electron chi connectivity index (χ4n) is 2.19. The minimum atomic E-state index is 0.315. The van der Waals surface area contributed by atoms with E-state index in [0.29, 0.717) is 22.6 Å². The zero-order chi connectivity index (χ0) is 16.9. The number of nitrogens with one attached hydrogen (secondary N) is 2. The van der Waals surface area contributed by atoms with Crippen LogP contribution in [0.5, 0.6) is 0 Å². The first kappa shape index (κ1) is 16.3. The maximum Gasteiger partial charge on any atom is 0.180 e. The van der Waals surface area contributed by atoms with Crippen LogP contribution in [0.15, 0.2) is 48.7 Å². The Morgan fingerprint density at radius 1 is 1.12 bits per heavy atom. The lowest BCUT2D eigenvalue weighted by Crippen LogP contribution is -2.35. The van der Waals surface area contributed by atoms with Crippen molar-refractivity contribution >= 4 is 34.3 Å². The van der Waals surface area contributed by atoms with Crippen LogP contribution in [0.25, 0.3) is 22.4 Å². The number of nitrogens with zero attached hydrogens (tertiary/aromatic N) is 3. The number of fused-ring (bicyclic) bond motifs is 1. The molecule has 3 aromatic rings. The zero-order valence-corrected chi connectivity index (χ0v) is 14.5. The molecule has 122 valence electrons. The highest BCUT2D eigenvalue weighted by atomic mass is 32.1. The maximum atomic E-state index is 5.31. The topological polar surface area (TPSA) is 62.7 Å². The minimum Gasteiger partial charge on any atom is -0.360 e. The molecule has 0 aliphatic rings. The molecule has 1 unspecified atom stereocenters. The van der Waals surface area contributed by atoms with Gasteiger partial charge in [0, 0.05) is 11.6 Å². The highest BCUT2D eigenvalue weighted by Crippen LogP contribution is 2.19. The molecule has 2 heterocycles. The predicted octanol–water partition coefficient (Wildman–Crippen LogP) is 3.78. The first-order valence-corrected chi connectivity index (χ1v) is 8.33. The monoisotopic (exact) mass is 337 g/mol. The van der Waals surface area contributed by atoms with Crippen LogP contribution >= 0.6 is 12.2 Å². The lowest BCUT2D eigenvalue weighted by atomic mass is 10.2. The summed E-state index contributed by atoms with van der Waals surface area (Å²) in [5.41, 5.74) is 3.16. The van der Waals surface area contributed by atoms with Crippen molar-refractivity contribution in [2.75, 3.05) is 5.32 Å². The molecule has 0 fully saturated rings. The molecule has 1 atom stereocenters. The molecule has 0 amide bonds. The summed E-state index contributed by atoms with van der Waals surface area (Å²) in [6.07, 6.45) is 2.76. The summed E-state index contributed by atoms with van der Waals surface area (Å²) in [4.78, 5) is 13.6. The van der Waals surface area contributed by atoms with Crippen LogP contribution < -0.4 is 10.6 Å². The quantitative estimate of drug-likeness (QED) is 0.707. The summed E-state index contributed by atoms with van der Waals surface area (Å²) in [6, 6.07) is 14.0. The Bertz CT molecular complexity index is 850. The Morgan fingerprint density at radius 3 is 2.67 bits per heavy atom. The van der Waals surface area contributed by atoms with E-state index < -0.39 is 0 Å². The summed E-state index contributed by atoms with van der Waals surface area (Å²) >= 11 is 5.31. The van der Waals surface area contributed by atoms with Crippen molar-refractivity contribution in [2.45, 2.75) is 26.3 Å². The van der Waals surface area contributed by atoms with Crippen LogP contribution in [-0.2, 0) is 0 Å². The Balaban J connectivity index is 1.85. The van der Waals surface area contributed by atoms with Crippen LogP contribution in [0.1, 0.15) is 20.3 Å². The van der Waals surface area contributed by atoms with E-state index in [1.165, 1.54) is 0 Å². The molecule has 2 aromatic heterocycles. The molecule has 1 aromatic carbocycles. The van der Waals surface area contributed by atoms with Crippen LogP contribution in [0, 0.1) is 0 Å². The average molecular weight is 337 g/mol. The molecule has 0 aliphatic carbocycles. The van der Waals surface area contributed by atoms with Gasteiger partial charge in [0.15, 0.2) is 10.8 Å². The number of benzene rings is 1. The Labute approximate surface area is 146 Å². The fourth-order valence-corrected chi connectivity index (χ4v) is 2.50. The van der Waals surface area contributed by atoms with Crippen LogP contribution in [-0.4, -0.2) is 26.1 Å². The lowest BCUT2D eigenvalue weighted by Gasteiger charge is -2.14. The average Bonchev–Trinajstić information content (AvgIpc) is 2.61. The van der Waals surface area contributed by atoms with Crippen molar-refractivity contribution in [2.24, 2.45) is 0 Å². The number of aromatic nitrogens is 3. The van der Waals surface area contributed by atoms with Crippen molar-refractivity contribution in [1.82, 2.24) is 20.3 Å². The van der Waals surface area contributed by atoms with Gasteiger partial charge in [-0.25, -0.2) is 9.97 Å². The number of rotatable bonds is 4. The van der Waals surface area contributed by atoms with Gasteiger partial charge in [0.05, 0.1) is 11.9 Å². The molecule has 3 rings (SSSR count). The van der Waals surface area contributed by atoms with Crippen LogP contribution in [0.4, 0.5) is 5.82 Å². The third kappa shape index (κ3) is 3.83. The van der Waals surface area contributed by atoms with E-state index in [2.05, 4.69) is 39.4 Å². The number of pyridine rings is 1. The van der Waals surface area contributed by atoms with Gasteiger partial charge in [0.25, 0.3) is 0 Å². The maximum absolute atomic E-state index is 5.31. The van der Waals surface area contributed by atoms with Gasteiger partial charge in [-0.15, -0.1) is 0 Å². The van der Waals surface area contributed by atoms with Crippen molar-refractivity contribution in [3.63, 3.8) is 0 Å². The highest BCUT2D eigenvalue weighted by Gasteiger charge is 2.07. The van der Waals surface area contributed by atoms with Crippen molar-refractivity contribution in [3.05, 3.63) is 48.7 Å². The van der Waals surface area contributed by atoms with Gasteiger partial charge in [0.2, 0.25) is 0 Å². The van der Waals surface area contributed by atoms with Crippen LogP contribution in [0.3, 0.4) is 0 Å². The Morgan fingerprint density at radius 2 is 1.92 bits per heavy atom. The third-order valence-electron chi connectivity index (χ3n) is 3.71. The molecular formula is C18H19N5S. The summed E-state index contributed by atoms with van der Waals surface area (Å²) in [5, 5.41) is 6.87. The molecule has 0 aliphatic heterocycles. The van der Waals surface area contributed by atoms with Crippen LogP contribution in [0.2, 0.25) is 0 Å². The smallest absolute Gasteiger partial charge is 0.180 e. The van der Waals surface area contributed by atoms with Gasteiger partial charge in [-0.2, -0.15) is 0 Å². The minimum absolute atomic E-state index is 0.315. The van der Waals surface area contributed by atoms with E-state index >= 15 is 0 Å². The molecular weight excluding hydrogens is 318 g/mol. The standard InChI is InChI=1S/C18H19N5S/c1-3-12(2)20-18(24)23-16-10-9-14-17(22-16)21-15(11-19-14)13-7-5-4-6-8-13/h4-12H,3H2,1-2H3,(H2,20,21,22,23,24). The van der Waals surface area contributed by atoms with E-state index in [1.54, 1.807) is 6.20 Å². The summed E-state index contributed by atoms with van der Waals surface area (Å²) < 4.78 is 0. The van der Waals surface area contributed by atoms with E-state index in [1.807, 2.05) is 42.5 Å². The number of thiocarbonyl (C=S) groups is 1. The van der Waals surface area contributed by atoms with Gasteiger partial charge >= 0.3 is 0 Å². The van der Waals surface area contributed by atoms with E-state index in [9.17, 15) is 0 Å². The lowest BCUT2D eigenvalue weighted by molar-refractivity contribution is 0.646. The summed E-state index contributed by atoms with van der Waals surface area (Å²) in [5.74, 6) is 0.655. The predicted molar refractivity (Wildman–Crippen MR) is 102 cm³/mol. The first-order valence-electron chi connectivity index (χ1n) is 7.92. The molecule has 6 heteroatoms. The normalized spacial score (nSPS) is 11.9. The molecule has 0 saturated heterocycles. The van der Waals surface area contributed by atoms with Gasteiger partial charge in [0.1, 0.15) is 11.3 Å². The molecule has 5 nitrogen and oxygen atoms in total. The second-order valence-corrected chi connectivity index (χ2v) is 5.98. The fraction of sp³-hybridized carbons (Fsp3) is 0.222. The molecule has 0 bridgehead atoms. The van der Waals surface area contributed by atoms with E-state index in [0.717, 1.165) is 23.2 Å². The second-order valence-electron chi connectivity index (χ2n) is 5.57. The molecule has 0 radical (unpaired) electrons. The SMILES string of the molecule is CCC(C)NC(=S)Nc1ccc2ncc(-c3ccccc3)nc2n1. The van der Waals surface area contributed by atoms with E-state index in [-0.39, 0.29) is 0 Å².